The number of aliphatic hydroxyl groups excluding tert-OH is 1. The van der Waals surface area contributed by atoms with Gasteiger partial charge in [0.15, 0.2) is 0 Å². The predicted molar refractivity (Wildman–Crippen MR) is 113 cm³/mol. The van der Waals surface area contributed by atoms with Crippen LogP contribution in [0.4, 0.5) is 4.39 Å². The van der Waals surface area contributed by atoms with Crippen molar-refractivity contribution in [3.63, 3.8) is 0 Å². The largest absolute Gasteiger partial charge is 0.396 e. The highest BCUT2D eigenvalue weighted by molar-refractivity contribution is 6.02. The summed E-state index contributed by atoms with van der Waals surface area (Å²) >= 11 is 0. The van der Waals surface area contributed by atoms with Crippen molar-refractivity contribution in [1.29, 1.82) is 0 Å². The number of hydrogen-bond donors (Lipinski definition) is 2. The van der Waals surface area contributed by atoms with Crippen LogP contribution >= 0.6 is 0 Å². The number of hydrogen-bond acceptors (Lipinski definition) is 3. The third-order valence-electron chi connectivity index (χ3n) is 5.02. The number of nitrogens with one attached hydrogen (secondary N) is 1. The molecule has 3 aromatic heterocycles. The van der Waals surface area contributed by atoms with Crippen molar-refractivity contribution in [1.82, 2.24) is 19.5 Å². The molecule has 1 aromatic carbocycles. The van der Waals surface area contributed by atoms with Crippen LogP contribution in [0.3, 0.4) is 0 Å². The van der Waals surface area contributed by atoms with Crippen LogP contribution in [0.15, 0.2) is 67.0 Å². The fraction of sp³-hybridized carbons (Fsp3) is 0.217. The molecule has 0 aliphatic rings. The van der Waals surface area contributed by atoms with Gasteiger partial charge in [-0.15, -0.1) is 0 Å². The number of carbonyl (C=O) groups is 1. The van der Waals surface area contributed by atoms with E-state index in [0.29, 0.717) is 17.8 Å². The minimum absolute atomic E-state index is 0.0180. The number of halogens is 1. The molecule has 0 saturated heterocycles. The lowest BCUT2D eigenvalue weighted by atomic mass is 9.95. The van der Waals surface area contributed by atoms with E-state index in [9.17, 15) is 14.3 Å². The summed E-state index contributed by atoms with van der Waals surface area (Å²) in [5.41, 5.74) is 3.11. The van der Waals surface area contributed by atoms with Gasteiger partial charge in [0.1, 0.15) is 11.5 Å². The quantitative estimate of drug-likeness (QED) is 0.513. The van der Waals surface area contributed by atoms with Gasteiger partial charge in [-0.3, -0.25) is 4.79 Å². The van der Waals surface area contributed by atoms with Crippen molar-refractivity contribution in [2.75, 3.05) is 13.2 Å². The Morgan fingerprint density at radius 3 is 2.63 bits per heavy atom. The van der Waals surface area contributed by atoms with Crippen molar-refractivity contribution >= 4 is 11.4 Å². The van der Waals surface area contributed by atoms with E-state index >= 15 is 0 Å². The number of nitrogens with zero attached hydrogens (tertiary/aromatic N) is 3. The fourth-order valence-corrected chi connectivity index (χ4v) is 3.20. The Morgan fingerprint density at radius 1 is 1.13 bits per heavy atom. The van der Waals surface area contributed by atoms with Crippen LogP contribution in [0.1, 0.15) is 24.2 Å². The average molecular weight is 406 g/mol. The van der Waals surface area contributed by atoms with Gasteiger partial charge in [-0.1, -0.05) is 19.9 Å². The van der Waals surface area contributed by atoms with Gasteiger partial charge in [0, 0.05) is 31.0 Å². The second-order valence-electron chi connectivity index (χ2n) is 8.03. The molecular weight excluding hydrogens is 383 g/mol. The SMILES string of the molecule is CC(C)(CO)CNC(=O)c1cc(-c2ccn(-c3ccc(F)cc3)n2)n2ccccc12. The van der Waals surface area contributed by atoms with Gasteiger partial charge in [-0.25, -0.2) is 9.07 Å². The van der Waals surface area contributed by atoms with Crippen molar-refractivity contribution in [2.24, 2.45) is 5.41 Å². The normalized spacial score (nSPS) is 11.7. The van der Waals surface area contributed by atoms with Gasteiger partial charge in [-0.05, 0) is 48.5 Å². The van der Waals surface area contributed by atoms with E-state index in [1.54, 1.807) is 23.0 Å². The van der Waals surface area contributed by atoms with Crippen molar-refractivity contribution in [3.8, 4) is 17.1 Å². The molecule has 0 spiro atoms. The molecule has 0 unspecified atom stereocenters. The van der Waals surface area contributed by atoms with Gasteiger partial charge < -0.3 is 14.8 Å². The molecule has 6 nitrogen and oxygen atoms in total. The zero-order chi connectivity index (χ0) is 21.3. The molecule has 7 heteroatoms. The number of pyridine rings is 1. The van der Waals surface area contributed by atoms with Crippen LogP contribution in [-0.2, 0) is 0 Å². The van der Waals surface area contributed by atoms with Gasteiger partial charge in [-0.2, -0.15) is 5.10 Å². The summed E-state index contributed by atoms with van der Waals surface area (Å²) in [4.78, 5) is 12.9. The van der Waals surface area contributed by atoms with E-state index in [4.69, 9.17) is 0 Å². The Morgan fingerprint density at radius 2 is 1.90 bits per heavy atom. The molecule has 0 radical (unpaired) electrons. The number of fused-ring (bicyclic) bond motifs is 1. The summed E-state index contributed by atoms with van der Waals surface area (Å²) in [5, 5.41) is 16.9. The Bertz CT molecular complexity index is 1190. The number of amides is 1. The van der Waals surface area contributed by atoms with E-state index in [1.807, 2.05) is 54.8 Å². The van der Waals surface area contributed by atoms with Crippen LogP contribution in [0.2, 0.25) is 0 Å². The molecule has 0 bridgehead atoms. The number of aliphatic hydroxyl groups is 1. The summed E-state index contributed by atoms with van der Waals surface area (Å²) in [7, 11) is 0. The van der Waals surface area contributed by atoms with Crippen LogP contribution < -0.4 is 5.32 Å². The van der Waals surface area contributed by atoms with Crippen molar-refractivity contribution < 1.29 is 14.3 Å². The first kappa shape index (κ1) is 19.8. The van der Waals surface area contributed by atoms with Crippen molar-refractivity contribution in [2.45, 2.75) is 13.8 Å². The van der Waals surface area contributed by atoms with Gasteiger partial charge in [0.05, 0.1) is 22.5 Å². The van der Waals surface area contributed by atoms with Gasteiger partial charge in [0.2, 0.25) is 0 Å². The molecule has 4 rings (SSSR count). The molecule has 2 N–H and O–H groups in total. The standard InChI is InChI=1S/C23H23FN4O2/c1-23(2,15-29)14-25-22(30)18-13-21(27-11-4-3-5-20(18)27)19-10-12-28(26-19)17-8-6-16(24)7-9-17/h3-13,29H,14-15H2,1-2H3,(H,25,30). The van der Waals surface area contributed by atoms with Crippen LogP contribution in [0.5, 0.6) is 0 Å². The fourth-order valence-electron chi connectivity index (χ4n) is 3.20. The molecular formula is C23H23FN4O2. The predicted octanol–water partition coefficient (Wildman–Crippen LogP) is 3.68. The maximum atomic E-state index is 13.2. The molecule has 4 aromatic rings. The average Bonchev–Trinajstić information content (AvgIpc) is 3.38. The highest BCUT2D eigenvalue weighted by Gasteiger charge is 2.21. The third-order valence-corrected chi connectivity index (χ3v) is 5.02. The highest BCUT2D eigenvalue weighted by Crippen LogP contribution is 2.26. The van der Waals surface area contributed by atoms with E-state index in [-0.39, 0.29) is 18.3 Å². The Balaban J connectivity index is 1.69. The second kappa shape index (κ2) is 7.76. The Hall–Kier alpha value is -3.45. The smallest absolute Gasteiger partial charge is 0.253 e. The summed E-state index contributed by atoms with van der Waals surface area (Å²) < 4.78 is 16.8. The molecule has 3 heterocycles. The van der Waals surface area contributed by atoms with Gasteiger partial charge >= 0.3 is 0 Å². The zero-order valence-corrected chi connectivity index (χ0v) is 16.8. The number of rotatable bonds is 6. The lowest BCUT2D eigenvalue weighted by molar-refractivity contribution is 0.0913. The third kappa shape index (κ3) is 3.84. The zero-order valence-electron chi connectivity index (χ0n) is 16.8. The molecule has 0 saturated carbocycles. The molecule has 154 valence electrons. The van der Waals surface area contributed by atoms with E-state index < -0.39 is 5.41 Å². The first-order chi connectivity index (χ1) is 14.4. The minimum atomic E-state index is -0.401. The van der Waals surface area contributed by atoms with Crippen molar-refractivity contribution in [3.05, 3.63) is 78.4 Å². The molecule has 0 atom stereocenters. The number of carbonyl (C=O) groups excluding carboxylic acids is 1. The molecule has 1 amide bonds. The summed E-state index contributed by atoms with van der Waals surface area (Å²) in [6, 6.07) is 15.4. The lowest BCUT2D eigenvalue weighted by Crippen LogP contribution is -2.36. The summed E-state index contributed by atoms with van der Waals surface area (Å²) in [6.45, 7) is 4.12. The van der Waals surface area contributed by atoms with Crippen LogP contribution in [0, 0.1) is 11.2 Å². The van der Waals surface area contributed by atoms with Crippen LogP contribution in [-0.4, -0.2) is 38.3 Å². The lowest BCUT2D eigenvalue weighted by Gasteiger charge is -2.21. The minimum Gasteiger partial charge on any atom is -0.396 e. The monoisotopic (exact) mass is 406 g/mol. The first-order valence-corrected chi connectivity index (χ1v) is 9.69. The molecule has 0 fully saturated rings. The number of aromatic nitrogens is 3. The highest BCUT2D eigenvalue weighted by atomic mass is 19.1. The maximum absolute atomic E-state index is 13.2. The second-order valence-corrected chi connectivity index (χ2v) is 8.03. The Labute approximate surface area is 173 Å². The number of benzene rings is 1. The van der Waals surface area contributed by atoms with Gasteiger partial charge in [0.25, 0.3) is 5.91 Å². The van der Waals surface area contributed by atoms with E-state index in [0.717, 1.165) is 16.9 Å². The summed E-state index contributed by atoms with van der Waals surface area (Å²) in [5.74, 6) is -0.506. The maximum Gasteiger partial charge on any atom is 0.253 e. The molecule has 0 aliphatic carbocycles. The molecule has 0 aliphatic heterocycles. The van der Waals surface area contributed by atoms with E-state index in [2.05, 4.69) is 10.4 Å². The Kier molecular flexibility index (Phi) is 5.13. The first-order valence-electron chi connectivity index (χ1n) is 9.69. The summed E-state index contributed by atoms with van der Waals surface area (Å²) in [6.07, 6.45) is 3.68. The van der Waals surface area contributed by atoms with Crippen LogP contribution in [0.25, 0.3) is 22.6 Å². The van der Waals surface area contributed by atoms with E-state index in [1.165, 1.54) is 12.1 Å². The topological polar surface area (TPSA) is 71.6 Å². The molecule has 30 heavy (non-hydrogen) atoms.